The third-order valence-electron chi connectivity index (χ3n) is 4.29. The van der Waals surface area contributed by atoms with Crippen LogP contribution < -0.4 is 10.6 Å². The second-order valence-corrected chi connectivity index (χ2v) is 6.89. The molecule has 1 saturated heterocycles. The average Bonchev–Trinajstić information content (AvgIpc) is 2.57. The zero-order chi connectivity index (χ0) is 18.2. The van der Waals surface area contributed by atoms with Crippen molar-refractivity contribution in [3.05, 3.63) is 29.8 Å². The number of amides is 1. The lowest BCUT2D eigenvalue weighted by molar-refractivity contribution is 0.0954. The number of aromatic hydroxyl groups is 1. The molecular weight excluding hydrogens is 316 g/mol. The number of nitrogens with zero attached hydrogens (tertiary/aromatic N) is 2. The fourth-order valence-corrected chi connectivity index (χ4v) is 3.31. The number of hydrogen-bond donors (Lipinski definition) is 3. The molecule has 0 spiro atoms. The molecule has 6 heteroatoms. The summed E-state index contributed by atoms with van der Waals surface area (Å²) in [6.07, 6.45) is 1.26. The molecule has 1 amide bonds. The van der Waals surface area contributed by atoms with E-state index in [9.17, 15) is 9.90 Å². The van der Waals surface area contributed by atoms with Gasteiger partial charge >= 0.3 is 0 Å². The van der Waals surface area contributed by atoms with E-state index in [0.29, 0.717) is 30.5 Å². The minimum atomic E-state index is -0.152. The minimum absolute atomic E-state index is 0.152. The molecule has 2 atom stereocenters. The fraction of sp³-hybridized carbons (Fsp3) is 0.579. The molecule has 138 valence electrons. The monoisotopic (exact) mass is 346 g/mol. The van der Waals surface area contributed by atoms with Crippen molar-refractivity contribution in [2.45, 2.75) is 27.2 Å². The van der Waals surface area contributed by atoms with Gasteiger partial charge in [0.05, 0.1) is 6.54 Å². The summed E-state index contributed by atoms with van der Waals surface area (Å²) >= 11 is 0. The number of hydrogen-bond acceptors (Lipinski definition) is 3. The topological polar surface area (TPSA) is 77.0 Å². The molecule has 6 nitrogen and oxygen atoms in total. The number of piperidine rings is 1. The summed E-state index contributed by atoms with van der Waals surface area (Å²) in [6, 6.07) is 6.23. The fourth-order valence-electron chi connectivity index (χ4n) is 3.31. The van der Waals surface area contributed by atoms with Crippen LogP contribution in [0, 0.1) is 11.8 Å². The smallest absolute Gasteiger partial charge is 0.251 e. The minimum Gasteiger partial charge on any atom is -0.508 e. The maximum Gasteiger partial charge on any atom is 0.251 e. The quantitative estimate of drug-likeness (QED) is 0.433. The van der Waals surface area contributed by atoms with Crippen LogP contribution in [0.4, 0.5) is 0 Å². The van der Waals surface area contributed by atoms with Gasteiger partial charge < -0.3 is 20.6 Å². The lowest BCUT2D eigenvalue weighted by Crippen LogP contribution is -2.48. The molecule has 0 aromatic heterocycles. The molecular formula is C19H30N4O2. The second kappa shape index (κ2) is 9.30. The van der Waals surface area contributed by atoms with Crippen LogP contribution in [0.25, 0.3) is 0 Å². The van der Waals surface area contributed by atoms with Crippen molar-refractivity contribution in [3.63, 3.8) is 0 Å². The summed E-state index contributed by atoms with van der Waals surface area (Å²) in [7, 11) is 0. The third-order valence-corrected chi connectivity index (χ3v) is 4.29. The third kappa shape index (κ3) is 5.96. The highest BCUT2D eigenvalue weighted by molar-refractivity contribution is 5.94. The molecule has 2 unspecified atom stereocenters. The van der Waals surface area contributed by atoms with Gasteiger partial charge in [0.25, 0.3) is 5.91 Å². The zero-order valence-electron chi connectivity index (χ0n) is 15.5. The van der Waals surface area contributed by atoms with Gasteiger partial charge in [0.15, 0.2) is 5.96 Å². The van der Waals surface area contributed by atoms with Gasteiger partial charge in [0.1, 0.15) is 5.75 Å². The first kappa shape index (κ1) is 19.1. The number of rotatable bonds is 5. The molecule has 1 aliphatic rings. The molecule has 1 fully saturated rings. The van der Waals surface area contributed by atoms with Crippen molar-refractivity contribution >= 4 is 11.9 Å². The highest BCUT2D eigenvalue weighted by atomic mass is 16.3. The maximum absolute atomic E-state index is 12.0. The van der Waals surface area contributed by atoms with Crippen molar-refractivity contribution in [1.29, 1.82) is 0 Å². The first-order valence-corrected chi connectivity index (χ1v) is 9.10. The Labute approximate surface area is 150 Å². The van der Waals surface area contributed by atoms with E-state index in [0.717, 1.165) is 25.6 Å². The molecule has 0 radical (unpaired) electrons. The summed E-state index contributed by atoms with van der Waals surface area (Å²) in [4.78, 5) is 19.0. The van der Waals surface area contributed by atoms with Crippen molar-refractivity contribution in [2.75, 3.05) is 32.7 Å². The van der Waals surface area contributed by atoms with Gasteiger partial charge in [-0.05, 0) is 49.4 Å². The largest absolute Gasteiger partial charge is 0.508 e. The van der Waals surface area contributed by atoms with E-state index >= 15 is 0 Å². The summed E-state index contributed by atoms with van der Waals surface area (Å²) < 4.78 is 0. The van der Waals surface area contributed by atoms with Crippen molar-refractivity contribution in [2.24, 2.45) is 16.8 Å². The molecule has 2 rings (SSSR count). The number of phenolic OH excluding ortho intramolecular Hbond substituents is 1. The molecule has 1 aliphatic heterocycles. The van der Waals surface area contributed by atoms with Gasteiger partial charge in [-0.2, -0.15) is 0 Å². The number of nitrogens with one attached hydrogen (secondary N) is 2. The van der Waals surface area contributed by atoms with Crippen LogP contribution >= 0.6 is 0 Å². The van der Waals surface area contributed by atoms with Crippen molar-refractivity contribution in [3.8, 4) is 5.75 Å². The van der Waals surface area contributed by atoms with Crippen LogP contribution in [-0.2, 0) is 0 Å². The van der Waals surface area contributed by atoms with Gasteiger partial charge in [-0.25, -0.2) is 0 Å². The average molecular weight is 346 g/mol. The first-order valence-electron chi connectivity index (χ1n) is 9.10. The van der Waals surface area contributed by atoms with E-state index in [1.807, 2.05) is 0 Å². The Kier molecular flexibility index (Phi) is 7.10. The molecule has 1 aromatic carbocycles. The summed E-state index contributed by atoms with van der Waals surface area (Å²) in [5.41, 5.74) is 0.535. The molecule has 25 heavy (non-hydrogen) atoms. The Morgan fingerprint density at radius 1 is 1.20 bits per heavy atom. The van der Waals surface area contributed by atoms with E-state index in [1.165, 1.54) is 18.6 Å². The molecule has 1 heterocycles. The van der Waals surface area contributed by atoms with Gasteiger partial charge in [0, 0.05) is 31.7 Å². The van der Waals surface area contributed by atoms with Gasteiger partial charge in [-0.15, -0.1) is 0 Å². The van der Waals surface area contributed by atoms with Crippen molar-refractivity contribution < 1.29 is 9.90 Å². The highest BCUT2D eigenvalue weighted by Gasteiger charge is 2.23. The summed E-state index contributed by atoms with van der Waals surface area (Å²) in [6.45, 7) is 10.5. The van der Waals surface area contributed by atoms with Crippen LogP contribution in [-0.4, -0.2) is 54.6 Å². The van der Waals surface area contributed by atoms with Gasteiger partial charge in [0.2, 0.25) is 0 Å². The van der Waals surface area contributed by atoms with Crippen LogP contribution in [0.15, 0.2) is 29.3 Å². The van der Waals surface area contributed by atoms with E-state index in [1.54, 1.807) is 12.1 Å². The molecule has 0 aliphatic carbocycles. The predicted molar refractivity (Wildman–Crippen MR) is 101 cm³/mol. The highest BCUT2D eigenvalue weighted by Crippen LogP contribution is 2.20. The number of carbonyl (C=O) groups excluding carboxylic acids is 1. The Bertz CT molecular complexity index is 576. The van der Waals surface area contributed by atoms with Crippen LogP contribution in [0.3, 0.4) is 0 Å². The van der Waals surface area contributed by atoms with Gasteiger partial charge in [-0.1, -0.05) is 13.8 Å². The Hall–Kier alpha value is -2.24. The number of benzene rings is 1. The maximum atomic E-state index is 12.0. The number of carbonyl (C=O) groups is 1. The second-order valence-electron chi connectivity index (χ2n) is 6.89. The molecule has 0 bridgehead atoms. The number of phenols is 1. The van der Waals surface area contributed by atoms with E-state index in [-0.39, 0.29) is 11.7 Å². The Morgan fingerprint density at radius 3 is 2.44 bits per heavy atom. The number of guanidine groups is 1. The Balaban J connectivity index is 1.86. The first-order chi connectivity index (χ1) is 12.0. The molecule has 1 aromatic rings. The van der Waals surface area contributed by atoms with E-state index in [2.05, 4.69) is 41.3 Å². The lowest BCUT2D eigenvalue weighted by atomic mass is 9.92. The predicted octanol–water partition coefficient (Wildman–Crippen LogP) is 2.07. The normalized spacial score (nSPS) is 21.1. The van der Waals surface area contributed by atoms with Crippen LogP contribution in [0.2, 0.25) is 0 Å². The summed E-state index contributed by atoms with van der Waals surface area (Å²) in [5.74, 6) is 2.27. The lowest BCUT2D eigenvalue weighted by Gasteiger charge is -2.37. The standard InChI is InChI=1S/C19H30N4O2/c1-4-20-19(23-12-14(2)11-15(3)13-23)22-10-9-21-18(25)16-5-7-17(24)8-6-16/h5-8,14-15,24H,4,9-13H2,1-3H3,(H,20,22)(H,21,25). The van der Waals surface area contributed by atoms with E-state index < -0.39 is 0 Å². The number of aliphatic imine (C=N–C) groups is 1. The van der Waals surface area contributed by atoms with Gasteiger partial charge in [-0.3, -0.25) is 9.79 Å². The van der Waals surface area contributed by atoms with Crippen LogP contribution in [0.1, 0.15) is 37.6 Å². The van der Waals surface area contributed by atoms with Crippen LogP contribution in [0.5, 0.6) is 5.75 Å². The Morgan fingerprint density at radius 2 is 1.84 bits per heavy atom. The zero-order valence-corrected chi connectivity index (χ0v) is 15.5. The summed E-state index contributed by atoms with van der Waals surface area (Å²) in [5, 5.41) is 15.5. The SMILES string of the molecule is CCNC(=NCCNC(=O)c1ccc(O)cc1)N1CC(C)CC(C)C1. The molecule has 3 N–H and O–H groups in total. The van der Waals surface area contributed by atoms with E-state index in [4.69, 9.17) is 0 Å². The molecule has 0 saturated carbocycles. The number of likely N-dealkylation sites (tertiary alicyclic amines) is 1. The van der Waals surface area contributed by atoms with Crippen molar-refractivity contribution in [1.82, 2.24) is 15.5 Å².